The highest BCUT2D eigenvalue weighted by Crippen LogP contribution is 2.33. The zero-order valence-electron chi connectivity index (χ0n) is 13.8. The molecule has 0 unspecified atom stereocenters. The van der Waals surface area contributed by atoms with Crippen LogP contribution in [0.2, 0.25) is 0 Å². The summed E-state index contributed by atoms with van der Waals surface area (Å²) < 4.78 is 0. The summed E-state index contributed by atoms with van der Waals surface area (Å²) in [6.07, 6.45) is 1.61. The zero-order chi connectivity index (χ0) is 16.1. The van der Waals surface area contributed by atoms with Crippen molar-refractivity contribution in [3.8, 4) is 0 Å². The summed E-state index contributed by atoms with van der Waals surface area (Å²) in [6.45, 7) is 7.38. The van der Waals surface area contributed by atoms with Gasteiger partial charge in [-0.3, -0.25) is 0 Å². The molecule has 2 aromatic carbocycles. The second-order valence-electron chi connectivity index (χ2n) is 6.87. The summed E-state index contributed by atoms with van der Waals surface area (Å²) in [7, 11) is 0. The first-order valence-corrected chi connectivity index (χ1v) is 8.00. The van der Waals surface area contributed by atoms with E-state index < -0.39 is 5.60 Å². The van der Waals surface area contributed by atoms with Crippen LogP contribution in [0, 0.1) is 0 Å². The molecule has 0 atom stereocenters. The van der Waals surface area contributed by atoms with Crippen LogP contribution in [0.4, 0.5) is 0 Å². The maximum atomic E-state index is 11.4. The van der Waals surface area contributed by atoms with Crippen molar-refractivity contribution in [3.63, 3.8) is 0 Å². The van der Waals surface area contributed by atoms with Crippen LogP contribution in [0.3, 0.4) is 0 Å². The zero-order valence-corrected chi connectivity index (χ0v) is 13.8. The molecule has 0 aliphatic heterocycles. The highest BCUT2D eigenvalue weighted by atomic mass is 16.3. The van der Waals surface area contributed by atoms with E-state index >= 15 is 0 Å². The lowest BCUT2D eigenvalue weighted by Gasteiger charge is -2.30. The Labute approximate surface area is 134 Å². The molecule has 0 bridgehead atoms. The van der Waals surface area contributed by atoms with Gasteiger partial charge in [0, 0.05) is 5.54 Å². The number of hydrogen-bond acceptors (Lipinski definition) is 2. The second-order valence-corrected chi connectivity index (χ2v) is 6.87. The van der Waals surface area contributed by atoms with E-state index in [1.54, 1.807) is 0 Å². The SMILES string of the molecule is CC(C)(C)NCCCC(O)(c1ccccc1)c1ccccc1. The summed E-state index contributed by atoms with van der Waals surface area (Å²) in [4.78, 5) is 0. The van der Waals surface area contributed by atoms with E-state index in [2.05, 4.69) is 26.1 Å². The summed E-state index contributed by atoms with van der Waals surface area (Å²) in [5, 5.41) is 14.8. The van der Waals surface area contributed by atoms with E-state index in [0.29, 0.717) is 6.42 Å². The maximum absolute atomic E-state index is 11.4. The van der Waals surface area contributed by atoms with Crippen molar-refractivity contribution in [3.05, 3.63) is 71.8 Å². The predicted octanol–water partition coefficient (Wildman–Crippen LogP) is 4.09. The molecule has 2 N–H and O–H groups in total. The minimum atomic E-state index is -0.928. The molecule has 0 fully saturated rings. The largest absolute Gasteiger partial charge is 0.380 e. The molecule has 0 saturated heterocycles. The Balaban J connectivity index is 2.17. The van der Waals surface area contributed by atoms with Crippen LogP contribution in [0.5, 0.6) is 0 Å². The summed E-state index contributed by atoms with van der Waals surface area (Å²) >= 11 is 0. The van der Waals surface area contributed by atoms with Gasteiger partial charge in [0.15, 0.2) is 0 Å². The quantitative estimate of drug-likeness (QED) is 0.787. The molecule has 0 spiro atoms. The van der Waals surface area contributed by atoms with Gasteiger partial charge in [-0.25, -0.2) is 0 Å². The van der Waals surface area contributed by atoms with Gasteiger partial charge in [0.2, 0.25) is 0 Å². The molecule has 0 aromatic heterocycles. The van der Waals surface area contributed by atoms with Crippen LogP contribution in [-0.4, -0.2) is 17.2 Å². The van der Waals surface area contributed by atoms with Crippen molar-refractivity contribution in [2.75, 3.05) is 6.54 Å². The Bertz CT molecular complexity index is 518. The van der Waals surface area contributed by atoms with Crippen molar-refractivity contribution in [1.29, 1.82) is 0 Å². The minimum Gasteiger partial charge on any atom is -0.380 e. The summed E-state index contributed by atoms with van der Waals surface area (Å²) in [5.74, 6) is 0. The molecule has 2 nitrogen and oxygen atoms in total. The standard InChI is InChI=1S/C20H27NO/c1-19(2,3)21-16-10-15-20(22,17-11-6-4-7-12-17)18-13-8-5-9-14-18/h4-9,11-14,21-22H,10,15-16H2,1-3H3. The van der Waals surface area contributed by atoms with E-state index in [0.717, 1.165) is 24.1 Å². The fraction of sp³-hybridized carbons (Fsp3) is 0.400. The first-order valence-electron chi connectivity index (χ1n) is 8.00. The highest BCUT2D eigenvalue weighted by Gasteiger charge is 2.30. The van der Waals surface area contributed by atoms with Crippen LogP contribution < -0.4 is 5.32 Å². The second kappa shape index (κ2) is 7.08. The Morgan fingerprint density at radius 2 is 1.27 bits per heavy atom. The number of nitrogens with one attached hydrogen (secondary N) is 1. The van der Waals surface area contributed by atoms with Crippen molar-refractivity contribution < 1.29 is 5.11 Å². The number of aliphatic hydroxyl groups is 1. The van der Waals surface area contributed by atoms with E-state index in [1.165, 1.54) is 0 Å². The Kier molecular flexibility index (Phi) is 5.38. The predicted molar refractivity (Wildman–Crippen MR) is 92.9 cm³/mol. The lowest BCUT2D eigenvalue weighted by atomic mass is 9.82. The van der Waals surface area contributed by atoms with Gasteiger partial charge in [-0.15, -0.1) is 0 Å². The molecule has 22 heavy (non-hydrogen) atoms. The van der Waals surface area contributed by atoms with Crippen molar-refractivity contribution in [2.45, 2.75) is 44.8 Å². The van der Waals surface area contributed by atoms with Gasteiger partial charge < -0.3 is 10.4 Å². The Hall–Kier alpha value is -1.64. The third-order valence-corrected chi connectivity index (χ3v) is 3.87. The third kappa shape index (κ3) is 4.43. The first-order chi connectivity index (χ1) is 10.4. The molecule has 0 heterocycles. The van der Waals surface area contributed by atoms with Gasteiger partial charge in [0.1, 0.15) is 5.60 Å². The van der Waals surface area contributed by atoms with Crippen LogP contribution in [0.15, 0.2) is 60.7 Å². The lowest BCUT2D eigenvalue weighted by Crippen LogP contribution is -2.37. The van der Waals surface area contributed by atoms with Gasteiger partial charge in [-0.05, 0) is 51.3 Å². The lowest BCUT2D eigenvalue weighted by molar-refractivity contribution is 0.0682. The van der Waals surface area contributed by atoms with E-state index in [4.69, 9.17) is 0 Å². The van der Waals surface area contributed by atoms with Gasteiger partial charge >= 0.3 is 0 Å². The molecule has 118 valence electrons. The number of rotatable bonds is 6. The molecule has 0 aliphatic rings. The van der Waals surface area contributed by atoms with Crippen LogP contribution in [-0.2, 0) is 5.60 Å². The molecule has 0 amide bonds. The monoisotopic (exact) mass is 297 g/mol. The molecule has 0 radical (unpaired) electrons. The molecule has 2 aromatic rings. The number of hydrogen-bond donors (Lipinski definition) is 2. The maximum Gasteiger partial charge on any atom is 0.115 e. The van der Waals surface area contributed by atoms with Crippen molar-refractivity contribution >= 4 is 0 Å². The van der Waals surface area contributed by atoms with Gasteiger partial charge in [-0.2, -0.15) is 0 Å². The van der Waals surface area contributed by atoms with Gasteiger partial charge in [-0.1, -0.05) is 60.7 Å². The van der Waals surface area contributed by atoms with Crippen LogP contribution in [0.25, 0.3) is 0 Å². The average molecular weight is 297 g/mol. The van der Waals surface area contributed by atoms with E-state index in [1.807, 2.05) is 60.7 Å². The molecule has 0 aliphatic carbocycles. The first kappa shape index (κ1) is 16.7. The van der Waals surface area contributed by atoms with Crippen LogP contribution in [0.1, 0.15) is 44.7 Å². The minimum absolute atomic E-state index is 0.109. The van der Waals surface area contributed by atoms with Crippen molar-refractivity contribution in [1.82, 2.24) is 5.32 Å². The fourth-order valence-corrected chi connectivity index (χ4v) is 2.69. The summed E-state index contributed by atoms with van der Waals surface area (Å²) in [5.41, 5.74) is 1.09. The van der Waals surface area contributed by atoms with Crippen molar-refractivity contribution in [2.24, 2.45) is 0 Å². The average Bonchev–Trinajstić information content (AvgIpc) is 2.52. The molecule has 0 saturated carbocycles. The third-order valence-electron chi connectivity index (χ3n) is 3.87. The fourth-order valence-electron chi connectivity index (χ4n) is 2.69. The topological polar surface area (TPSA) is 32.3 Å². The smallest absolute Gasteiger partial charge is 0.115 e. The molecule has 2 rings (SSSR count). The Morgan fingerprint density at radius 3 is 1.68 bits per heavy atom. The van der Waals surface area contributed by atoms with E-state index in [9.17, 15) is 5.11 Å². The van der Waals surface area contributed by atoms with Gasteiger partial charge in [0.05, 0.1) is 0 Å². The number of benzene rings is 2. The molecular formula is C20H27NO. The summed E-state index contributed by atoms with van der Waals surface area (Å²) in [6, 6.07) is 19.9. The Morgan fingerprint density at radius 1 is 0.818 bits per heavy atom. The van der Waals surface area contributed by atoms with Crippen LogP contribution >= 0.6 is 0 Å². The van der Waals surface area contributed by atoms with E-state index in [-0.39, 0.29) is 5.54 Å². The molecule has 2 heteroatoms. The van der Waals surface area contributed by atoms with Gasteiger partial charge in [0.25, 0.3) is 0 Å². The molecular weight excluding hydrogens is 270 g/mol. The highest BCUT2D eigenvalue weighted by molar-refractivity contribution is 5.35. The normalized spacial score (nSPS) is 12.4.